The van der Waals surface area contributed by atoms with Crippen LogP contribution in [0.1, 0.15) is 80.1 Å². The predicted octanol–water partition coefficient (Wildman–Crippen LogP) is 7.27. The lowest BCUT2D eigenvalue weighted by atomic mass is 9.98. The van der Waals surface area contributed by atoms with E-state index in [0.717, 1.165) is 35.1 Å². The summed E-state index contributed by atoms with van der Waals surface area (Å²) in [5.74, 6) is 2.45. The number of nitrogens with zero attached hydrogens (tertiary/aromatic N) is 1. The van der Waals surface area contributed by atoms with Gasteiger partial charge in [0.2, 0.25) is 0 Å². The van der Waals surface area contributed by atoms with Gasteiger partial charge in [0.1, 0.15) is 5.75 Å². The van der Waals surface area contributed by atoms with Crippen LogP contribution in [0.15, 0.2) is 35.9 Å². The van der Waals surface area contributed by atoms with Crippen LogP contribution in [0, 0.1) is 19.3 Å². The maximum atomic E-state index is 13.0. The van der Waals surface area contributed by atoms with Gasteiger partial charge in [-0.3, -0.25) is 4.79 Å². The average molecular weight is 454 g/mol. The predicted molar refractivity (Wildman–Crippen MR) is 137 cm³/mol. The smallest absolute Gasteiger partial charge is 0.257 e. The Bertz CT molecular complexity index is 980. The third-order valence-electron chi connectivity index (χ3n) is 5.02. The van der Waals surface area contributed by atoms with E-state index in [0.29, 0.717) is 35.7 Å². The zero-order valence-electron chi connectivity index (χ0n) is 20.3. The van der Waals surface area contributed by atoms with Crippen molar-refractivity contribution in [2.75, 3.05) is 13.1 Å². The molecule has 0 fully saturated rings. The molecule has 0 saturated carbocycles. The minimum Gasteiger partial charge on any atom is -0.507 e. The molecule has 172 valence electrons. The van der Waals surface area contributed by atoms with Crippen molar-refractivity contribution in [2.45, 2.75) is 60.8 Å². The molecule has 0 aliphatic heterocycles. The van der Waals surface area contributed by atoms with Crippen LogP contribution in [0.2, 0.25) is 5.02 Å². The number of hydrogen-bond donors (Lipinski definition) is 1. The number of allylic oxidation sites excluding steroid dienone is 1. The third kappa shape index (κ3) is 7.18. The number of rotatable bonds is 8. The Labute approximate surface area is 199 Å². The Hall–Kier alpha value is -2.70. The van der Waals surface area contributed by atoms with E-state index >= 15 is 0 Å². The highest BCUT2D eigenvalue weighted by molar-refractivity contribution is 6.31. The molecule has 0 aliphatic carbocycles. The number of carbonyl (C=O) groups excluding carboxylic acids is 1. The Morgan fingerprint density at radius 1 is 1.16 bits per heavy atom. The van der Waals surface area contributed by atoms with Crippen LogP contribution < -0.4 is 0 Å². The number of hydrogen-bond acceptors (Lipinski definition) is 2. The highest BCUT2D eigenvalue weighted by Gasteiger charge is 2.21. The number of benzene rings is 2. The van der Waals surface area contributed by atoms with E-state index in [-0.39, 0.29) is 11.7 Å². The van der Waals surface area contributed by atoms with Gasteiger partial charge in [-0.1, -0.05) is 62.9 Å². The van der Waals surface area contributed by atoms with E-state index in [4.69, 9.17) is 18.0 Å². The normalized spacial score (nSPS) is 10.8. The standard InChI is InChI=1S/C26H30ClNO2.C2H6/c1-6-13-28(14-7-2)26(30)22-11-12-24(27)23(25(22)29)16-18(4)15-21-10-9-20(8-3)17-19(21)5;1-2/h3,9-12,15,17,29H,6-7,13-14,16H2,1-2,4-5H3;1-2H3/b18-15+;. The van der Waals surface area contributed by atoms with Crippen LogP contribution in [-0.4, -0.2) is 29.0 Å². The topological polar surface area (TPSA) is 40.5 Å². The fraction of sp³-hybridized carbons (Fsp3) is 0.393. The largest absolute Gasteiger partial charge is 0.507 e. The summed E-state index contributed by atoms with van der Waals surface area (Å²) in [6.45, 7) is 13.4. The molecule has 0 aromatic heterocycles. The van der Waals surface area contributed by atoms with Crippen LogP contribution >= 0.6 is 11.6 Å². The summed E-state index contributed by atoms with van der Waals surface area (Å²) < 4.78 is 0. The number of aryl methyl sites for hydroxylation is 1. The maximum absolute atomic E-state index is 13.0. The molecule has 2 aromatic carbocycles. The first kappa shape index (κ1) is 27.3. The monoisotopic (exact) mass is 453 g/mol. The number of halogens is 1. The van der Waals surface area contributed by atoms with E-state index in [9.17, 15) is 9.90 Å². The van der Waals surface area contributed by atoms with Crippen LogP contribution in [0.4, 0.5) is 0 Å². The van der Waals surface area contributed by atoms with Gasteiger partial charge >= 0.3 is 0 Å². The summed E-state index contributed by atoms with van der Waals surface area (Å²) in [4.78, 5) is 14.8. The first-order valence-electron chi connectivity index (χ1n) is 11.4. The molecule has 0 radical (unpaired) electrons. The third-order valence-corrected chi connectivity index (χ3v) is 5.38. The first-order valence-corrected chi connectivity index (χ1v) is 11.7. The van der Waals surface area contributed by atoms with Crippen LogP contribution in [0.3, 0.4) is 0 Å². The fourth-order valence-corrected chi connectivity index (χ4v) is 3.72. The molecule has 1 amide bonds. The van der Waals surface area contributed by atoms with Gasteiger partial charge < -0.3 is 10.0 Å². The molecule has 2 aromatic rings. The number of aromatic hydroxyl groups is 1. The van der Waals surface area contributed by atoms with E-state index in [2.05, 4.69) is 12.0 Å². The van der Waals surface area contributed by atoms with Gasteiger partial charge in [-0.2, -0.15) is 0 Å². The average Bonchev–Trinajstić information content (AvgIpc) is 2.78. The maximum Gasteiger partial charge on any atom is 0.257 e. The summed E-state index contributed by atoms with van der Waals surface area (Å²) in [7, 11) is 0. The van der Waals surface area contributed by atoms with Gasteiger partial charge in [0, 0.05) is 29.2 Å². The van der Waals surface area contributed by atoms with E-state index in [1.54, 1.807) is 17.0 Å². The first-order chi connectivity index (χ1) is 15.3. The van der Waals surface area contributed by atoms with Crippen molar-refractivity contribution in [3.63, 3.8) is 0 Å². The van der Waals surface area contributed by atoms with Crippen LogP contribution in [0.5, 0.6) is 5.75 Å². The molecule has 32 heavy (non-hydrogen) atoms. The van der Waals surface area contributed by atoms with E-state index in [1.165, 1.54) is 0 Å². The lowest BCUT2D eigenvalue weighted by molar-refractivity contribution is 0.0752. The Balaban J connectivity index is 0.00000249. The summed E-state index contributed by atoms with van der Waals surface area (Å²) in [5, 5.41) is 11.3. The van der Waals surface area contributed by atoms with E-state index < -0.39 is 0 Å². The SMILES string of the molecule is C#Cc1ccc(/C=C(\C)Cc2c(Cl)ccc(C(=O)N(CCC)CCC)c2O)c(C)c1.CC. The minimum absolute atomic E-state index is 0.0307. The van der Waals surface area contributed by atoms with Gasteiger partial charge in [-0.15, -0.1) is 6.42 Å². The Morgan fingerprint density at radius 2 is 1.78 bits per heavy atom. The molecular weight excluding hydrogens is 418 g/mol. The second kappa shape index (κ2) is 13.7. The molecule has 0 heterocycles. The van der Waals surface area contributed by atoms with Gasteiger partial charge in [-0.25, -0.2) is 0 Å². The summed E-state index contributed by atoms with van der Waals surface area (Å²) >= 11 is 6.39. The molecule has 2 rings (SSSR count). The number of amides is 1. The second-order valence-electron chi connectivity index (χ2n) is 7.60. The van der Waals surface area contributed by atoms with Crippen molar-refractivity contribution >= 4 is 23.6 Å². The molecular formula is C28H36ClNO2. The van der Waals surface area contributed by atoms with Crippen molar-refractivity contribution in [1.29, 1.82) is 0 Å². The van der Waals surface area contributed by atoms with Crippen molar-refractivity contribution in [3.8, 4) is 18.1 Å². The highest BCUT2D eigenvalue weighted by atomic mass is 35.5. The Kier molecular flexibility index (Phi) is 11.7. The van der Waals surface area contributed by atoms with Crippen molar-refractivity contribution in [3.05, 3.63) is 68.7 Å². The van der Waals surface area contributed by atoms with Gasteiger partial charge in [-0.05, 0) is 68.5 Å². The molecule has 0 atom stereocenters. The van der Waals surface area contributed by atoms with Gasteiger partial charge in [0.25, 0.3) is 5.91 Å². The molecule has 0 bridgehead atoms. The fourth-order valence-electron chi connectivity index (χ4n) is 3.50. The van der Waals surface area contributed by atoms with Crippen molar-refractivity contribution < 1.29 is 9.90 Å². The summed E-state index contributed by atoms with van der Waals surface area (Å²) in [6.07, 6.45) is 9.70. The zero-order valence-corrected chi connectivity index (χ0v) is 21.0. The number of carbonyl (C=O) groups is 1. The van der Waals surface area contributed by atoms with Crippen LogP contribution in [-0.2, 0) is 6.42 Å². The highest BCUT2D eigenvalue weighted by Crippen LogP contribution is 2.33. The Morgan fingerprint density at radius 3 is 2.31 bits per heavy atom. The van der Waals surface area contributed by atoms with E-state index in [1.807, 2.05) is 59.7 Å². The van der Waals surface area contributed by atoms with Crippen molar-refractivity contribution in [1.82, 2.24) is 4.90 Å². The number of phenols is 1. The molecule has 0 spiro atoms. The molecule has 0 unspecified atom stereocenters. The quantitative estimate of drug-likeness (QED) is 0.427. The molecule has 4 heteroatoms. The van der Waals surface area contributed by atoms with Gasteiger partial charge in [0.05, 0.1) is 5.56 Å². The van der Waals surface area contributed by atoms with Gasteiger partial charge in [0.15, 0.2) is 0 Å². The second-order valence-corrected chi connectivity index (χ2v) is 8.00. The molecule has 3 nitrogen and oxygen atoms in total. The molecule has 1 N–H and O–H groups in total. The molecule has 0 saturated heterocycles. The number of terminal acetylenes is 1. The lowest BCUT2D eigenvalue weighted by Crippen LogP contribution is -2.32. The van der Waals surface area contributed by atoms with Crippen LogP contribution in [0.25, 0.3) is 6.08 Å². The summed E-state index contributed by atoms with van der Waals surface area (Å²) in [5.41, 5.74) is 4.89. The zero-order chi connectivity index (χ0) is 24.3. The number of phenolic OH excluding ortho intramolecular Hbond substituents is 1. The summed E-state index contributed by atoms with van der Waals surface area (Å²) in [6, 6.07) is 9.18. The lowest BCUT2D eigenvalue weighted by Gasteiger charge is -2.23. The van der Waals surface area contributed by atoms with Crippen molar-refractivity contribution in [2.24, 2.45) is 0 Å². The molecule has 0 aliphatic rings. The minimum atomic E-state index is -0.156.